The van der Waals surface area contributed by atoms with Crippen LogP contribution in [0.5, 0.6) is 5.75 Å². The molecule has 3 fully saturated rings. The van der Waals surface area contributed by atoms with Crippen molar-refractivity contribution in [2.75, 3.05) is 55.6 Å². The Kier molecular flexibility index (Phi) is 10.2. The zero-order valence-electron chi connectivity index (χ0n) is 31.0. The summed E-state index contributed by atoms with van der Waals surface area (Å²) in [6.45, 7) is 9.76. The van der Waals surface area contributed by atoms with Crippen molar-refractivity contribution in [1.82, 2.24) is 15.1 Å². The number of nitrogens with zero attached hydrogens (tertiary/aromatic N) is 4. The molecule has 4 heterocycles. The third-order valence-electron chi connectivity index (χ3n) is 11.8. The summed E-state index contributed by atoms with van der Waals surface area (Å²) in [6, 6.07) is 32.7. The number of fused-ring (bicyclic) bond motifs is 1. The largest absolute Gasteiger partial charge is 0.508 e. The summed E-state index contributed by atoms with van der Waals surface area (Å²) in [4.78, 5) is 46.4. The van der Waals surface area contributed by atoms with Gasteiger partial charge in [0.05, 0.1) is 0 Å². The van der Waals surface area contributed by atoms with E-state index in [-0.39, 0.29) is 29.9 Å². The summed E-state index contributed by atoms with van der Waals surface area (Å²) in [5, 5.41) is 12.4. The normalized spacial score (nSPS) is 20.2. The average Bonchev–Trinajstić information content (AvgIpc) is 3.53. The van der Waals surface area contributed by atoms with Gasteiger partial charge in [-0.3, -0.25) is 24.6 Å². The van der Waals surface area contributed by atoms with E-state index in [1.165, 1.54) is 40.8 Å². The van der Waals surface area contributed by atoms with E-state index >= 15 is 0 Å². The molecule has 4 aromatic carbocycles. The van der Waals surface area contributed by atoms with Gasteiger partial charge in [0.1, 0.15) is 11.8 Å². The van der Waals surface area contributed by atoms with E-state index in [1.807, 2.05) is 24.3 Å². The molecule has 0 spiro atoms. The van der Waals surface area contributed by atoms with E-state index in [1.54, 1.807) is 17.0 Å². The Bertz CT molecular complexity index is 2030. The van der Waals surface area contributed by atoms with Crippen LogP contribution in [0.1, 0.15) is 71.6 Å². The molecule has 4 aliphatic rings. The van der Waals surface area contributed by atoms with Crippen molar-refractivity contribution in [3.63, 3.8) is 0 Å². The number of rotatable bonds is 9. The quantitative estimate of drug-likeness (QED) is 0.149. The van der Waals surface area contributed by atoms with Crippen molar-refractivity contribution >= 4 is 40.2 Å². The number of carbonyl (C=O) groups excluding carboxylic acids is 3. The minimum atomic E-state index is -0.589. The molecule has 3 amide bonds. The summed E-state index contributed by atoms with van der Waals surface area (Å²) >= 11 is 0. The summed E-state index contributed by atoms with van der Waals surface area (Å²) in [5.41, 5.74) is 10.0. The Morgan fingerprint density at radius 2 is 1.37 bits per heavy atom. The molecule has 9 heteroatoms. The van der Waals surface area contributed by atoms with E-state index in [0.717, 1.165) is 69.0 Å². The maximum absolute atomic E-state index is 13.1. The average molecular weight is 724 g/mol. The first-order chi connectivity index (χ1) is 26.3. The highest BCUT2D eigenvalue weighted by atomic mass is 16.3. The number of piperidine rings is 2. The van der Waals surface area contributed by atoms with Gasteiger partial charge in [0.25, 0.3) is 5.91 Å². The van der Waals surface area contributed by atoms with Crippen LogP contribution >= 0.6 is 0 Å². The van der Waals surface area contributed by atoms with Gasteiger partial charge < -0.3 is 19.8 Å². The lowest BCUT2D eigenvalue weighted by molar-refractivity contribution is -0.136. The van der Waals surface area contributed by atoms with Crippen molar-refractivity contribution in [1.29, 1.82) is 0 Å². The highest BCUT2D eigenvalue weighted by Crippen LogP contribution is 2.36. The second-order valence-corrected chi connectivity index (χ2v) is 15.1. The smallest absolute Gasteiger partial charge is 0.255 e. The molecule has 0 unspecified atom stereocenters. The van der Waals surface area contributed by atoms with Crippen LogP contribution in [-0.4, -0.2) is 84.5 Å². The third kappa shape index (κ3) is 7.37. The lowest BCUT2D eigenvalue weighted by atomic mass is 9.88. The molecular formula is C45H49N5O4. The second kappa shape index (κ2) is 15.5. The van der Waals surface area contributed by atoms with Crippen LogP contribution in [-0.2, 0) is 16.1 Å². The van der Waals surface area contributed by atoms with Crippen molar-refractivity contribution in [3.05, 3.63) is 125 Å². The Hall–Kier alpha value is -5.41. The number of phenols is 1. The first-order valence-electron chi connectivity index (χ1n) is 19.5. The predicted octanol–water partition coefficient (Wildman–Crippen LogP) is 6.56. The standard InChI is InChI=1S/C45H49N5O4/c1-2-39(32-6-4-3-5-7-32)43(34-10-15-38(51)16-11-34)33-8-12-36(13-9-33)48-22-20-31(21-23-48)29-47-24-26-49(27-25-47)37-14-17-40-35(28-37)30-50(45(40)54)41-18-19-42(52)46-44(41)53/h3-17,28,31,41,51H,2,18-27,29-30H2,1H3,(H,46,52,53)/t41-/m0/s1. The van der Waals surface area contributed by atoms with Crippen molar-refractivity contribution < 1.29 is 19.5 Å². The van der Waals surface area contributed by atoms with Gasteiger partial charge in [0.2, 0.25) is 11.8 Å². The minimum absolute atomic E-state index is 0.125. The number of anilines is 2. The number of hydrogen-bond donors (Lipinski definition) is 2. The molecule has 0 aliphatic carbocycles. The number of piperazine rings is 1. The SMILES string of the molecule is CCC(=C(c1ccc(O)cc1)c1ccc(N2CCC(CN3CCN(c4ccc5c(c4)CN([C@H]4CCC(=O)NC4=O)C5=O)CC3)CC2)cc1)c1ccccc1. The molecule has 9 nitrogen and oxygen atoms in total. The van der Waals surface area contributed by atoms with Gasteiger partial charge in [-0.25, -0.2) is 0 Å². The van der Waals surface area contributed by atoms with E-state index in [4.69, 9.17) is 0 Å². The van der Waals surface area contributed by atoms with Crippen LogP contribution in [0.15, 0.2) is 97.1 Å². The van der Waals surface area contributed by atoms with Gasteiger partial charge in [-0.1, -0.05) is 61.5 Å². The predicted molar refractivity (Wildman–Crippen MR) is 213 cm³/mol. The topological polar surface area (TPSA) is 96.4 Å². The summed E-state index contributed by atoms with van der Waals surface area (Å²) in [7, 11) is 0. The number of phenolic OH excluding ortho intramolecular Hbond substituents is 1. The molecule has 4 aromatic rings. The van der Waals surface area contributed by atoms with E-state index in [2.05, 4.69) is 87.6 Å². The summed E-state index contributed by atoms with van der Waals surface area (Å²) < 4.78 is 0. The number of nitrogens with one attached hydrogen (secondary N) is 1. The Balaban J connectivity index is 0.851. The molecule has 2 N–H and O–H groups in total. The highest BCUT2D eigenvalue weighted by molar-refractivity contribution is 6.05. The van der Waals surface area contributed by atoms with Gasteiger partial charge in [0.15, 0.2) is 0 Å². The lowest BCUT2D eigenvalue weighted by Crippen LogP contribution is -2.52. The summed E-state index contributed by atoms with van der Waals surface area (Å²) in [6.07, 6.45) is 3.89. The zero-order chi connectivity index (χ0) is 37.2. The number of imide groups is 1. The number of carbonyl (C=O) groups is 3. The van der Waals surface area contributed by atoms with Crippen LogP contribution in [0.25, 0.3) is 11.1 Å². The molecule has 0 bridgehead atoms. The van der Waals surface area contributed by atoms with Crippen LogP contribution in [0.3, 0.4) is 0 Å². The Morgan fingerprint density at radius 1 is 0.722 bits per heavy atom. The number of benzene rings is 4. The lowest BCUT2D eigenvalue weighted by Gasteiger charge is -2.40. The fourth-order valence-corrected chi connectivity index (χ4v) is 8.83. The highest BCUT2D eigenvalue weighted by Gasteiger charge is 2.39. The van der Waals surface area contributed by atoms with Gasteiger partial charge in [-0.05, 0) is 107 Å². The maximum atomic E-state index is 13.1. The number of hydrogen-bond acceptors (Lipinski definition) is 7. The zero-order valence-corrected chi connectivity index (χ0v) is 31.0. The van der Waals surface area contributed by atoms with Crippen molar-refractivity contribution in [3.8, 4) is 5.75 Å². The molecule has 4 aliphatic heterocycles. The van der Waals surface area contributed by atoms with Crippen LogP contribution in [0.4, 0.5) is 11.4 Å². The van der Waals surface area contributed by atoms with Gasteiger partial charge in [-0.2, -0.15) is 0 Å². The van der Waals surface area contributed by atoms with E-state index in [9.17, 15) is 19.5 Å². The molecule has 8 rings (SSSR count). The van der Waals surface area contributed by atoms with E-state index < -0.39 is 6.04 Å². The molecule has 0 aromatic heterocycles. The molecule has 0 saturated carbocycles. The second-order valence-electron chi connectivity index (χ2n) is 15.1. The fourth-order valence-electron chi connectivity index (χ4n) is 8.83. The molecule has 0 radical (unpaired) electrons. The van der Waals surface area contributed by atoms with Crippen LogP contribution < -0.4 is 15.1 Å². The van der Waals surface area contributed by atoms with Gasteiger partial charge in [-0.15, -0.1) is 0 Å². The number of aromatic hydroxyl groups is 1. The number of allylic oxidation sites excluding steroid dienone is 1. The van der Waals surface area contributed by atoms with Crippen molar-refractivity contribution in [2.45, 2.75) is 51.6 Å². The van der Waals surface area contributed by atoms with E-state index in [0.29, 0.717) is 24.4 Å². The fraction of sp³-hybridized carbons (Fsp3) is 0.356. The van der Waals surface area contributed by atoms with Gasteiger partial charge in [0, 0.05) is 75.7 Å². The van der Waals surface area contributed by atoms with Gasteiger partial charge >= 0.3 is 0 Å². The monoisotopic (exact) mass is 723 g/mol. The first-order valence-corrected chi connectivity index (χ1v) is 19.5. The molecule has 54 heavy (non-hydrogen) atoms. The van der Waals surface area contributed by atoms with Crippen molar-refractivity contribution in [2.24, 2.45) is 5.92 Å². The number of amides is 3. The minimum Gasteiger partial charge on any atom is -0.508 e. The summed E-state index contributed by atoms with van der Waals surface area (Å²) in [5.74, 6) is 0.185. The van der Waals surface area contributed by atoms with Crippen LogP contribution in [0.2, 0.25) is 0 Å². The maximum Gasteiger partial charge on any atom is 0.255 e. The molecule has 3 saturated heterocycles. The molecule has 278 valence electrons. The Labute approximate surface area is 317 Å². The molecular weight excluding hydrogens is 675 g/mol. The molecule has 1 atom stereocenters. The third-order valence-corrected chi connectivity index (χ3v) is 11.8. The first kappa shape index (κ1) is 35.6. The Morgan fingerprint density at radius 3 is 2.04 bits per heavy atom. The van der Waals surface area contributed by atoms with Crippen LogP contribution in [0, 0.1) is 5.92 Å².